The summed E-state index contributed by atoms with van der Waals surface area (Å²) in [4.78, 5) is 2.46. The number of nitrogens with zero attached hydrogens (tertiary/aromatic N) is 1. The lowest BCUT2D eigenvalue weighted by Gasteiger charge is -2.44. The van der Waals surface area contributed by atoms with Crippen LogP contribution in [0.4, 0.5) is 0 Å². The molecule has 4 atom stereocenters. The summed E-state index contributed by atoms with van der Waals surface area (Å²) in [5.41, 5.74) is 5.91. The normalized spacial score (nSPS) is 39.5. The zero-order valence-corrected chi connectivity index (χ0v) is 11.1. The Morgan fingerprint density at radius 1 is 1.00 bits per heavy atom. The second kappa shape index (κ2) is 6.17. The van der Waals surface area contributed by atoms with Gasteiger partial charge in [0.25, 0.3) is 0 Å². The van der Waals surface area contributed by atoms with E-state index >= 15 is 0 Å². The van der Waals surface area contributed by atoms with Crippen LogP contribution < -0.4 is 5.73 Å². The molecule has 2 rings (SSSR count). The van der Waals surface area contributed by atoms with Gasteiger partial charge in [-0.15, -0.1) is 0 Å². The van der Waals surface area contributed by atoms with Gasteiger partial charge in [0.05, 0.1) is 6.10 Å². The maximum atomic E-state index is 10.2. The van der Waals surface area contributed by atoms with E-state index in [1.165, 1.54) is 38.5 Å². The zero-order chi connectivity index (χ0) is 12.3. The van der Waals surface area contributed by atoms with Crippen molar-refractivity contribution in [3.8, 4) is 0 Å². The van der Waals surface area contributed by atoms with Crippen LogP contribution in [0, 0.1) is 5.92 Å². The van der Waals surface area contributed by atoms with E-state index in [0.29, 0.717) is 18.0 Å². The lowest BCUT2D eigenvalue weighted by molar-refractivity contribution is -0.00867. The maximum absolute atomic E-state index is 10.2. The molecule has 0 amide bonds. The van der Waals surface area contributed by atoms with Gasteiger partial charge in [-0.3, -0.25) is 4.90 Å². The molecule has 17 heavy (non-hydrogen) atoms. The van der Waals surface area contributed by atoms with Crippen LogP contribution in [0.5, 0.6) is 0 Å². The molecule has 0 saturated heterocycles. The third-order valence-electron chi connectivity index (χ3n) is 4.91. The zero-order valence-electron chi connectivity index (χ0n) is 11.1. The van der Waals surface area contributed by atoms with Gasteiger partial charge >= 0.3 is 0 Å². The summed E-state index contributed by atoms with van der Waals surface area (Å²) in [6, 6.07) is 0.979. The molecular weight excluding hydrogens is 212 g/mol. The van der Waals surface area contributed by atoms with Crippen LogP contribution >= 0.6 is 0 Å². The van der Waals surface area contributed by atoms with Crippen LogP contribution in [0.2, 0.25) is 0 Å². The van der Waals surface area contributed by atoms with Crippen LogP contribution in [0.25, 0.3) is 0 Å². The third kappa shape index (κ3) is 3.01. The minimum atomic E-state index is -0.117. The van der Waals surface area contributed by atoms with Crippen molar-refractivity contribution in [2.24, 2.45) is 11.7 Å². The molecule has 0 aromatic rings. The Labute approximate surface area is 105 Å². The Bertz CT molecular complexity index is 234. The average Bonchev–Trinajstić information content (AvgIpc) is 2.38. The van der Waals surface area contributed by atoms with E-state index < -0.39 is 0 Å². The fraction of sp³-hybridized carbons (Fsp3) is 1.00. The fourth-order valence-corrected chi connectivity index (χ4v) is 3.81. The van der Waals surface area contributed by atoms with Crippen LogP contribution in [0.15, 0.2) is 0 Å². The summed E-state index contributed by atoms with van der Waals surface area (Å²) in [5, 5.41) is 10.2. The minimum Gasteiger partial charge on any atom is -0.391 e. The molecule has 3 nitrogen and oxygen atoms in total. The first-order valence-corrected chi connectivity index (χ1v) is 7.34. The van der Waals surface area contributed by atoms with E-state index in [1.807, 2.05) is 0 Å². The van der Waals surface area contributed by atoms with E-state index in [1.54, 1.807) is 0 Å². The molecule has 0 heterocycles. The highest BCUT2D eigenvalue weighted by Gasteiger charge is 2.34. The molecule has 2 fully saturated rings. The molecule has 0 radical (unpaired) electrons. The quantitative estimate of drug-likeness (QED) is 0.790. The highest BCUT2D eigenvalue weighted by atomic mass is 16.3. The van der Waals surface area contributed by atoms with Gasteiger partial charge in [-0.05, 0) is 45.2 Å². The van der Waals surface area contributed by atoms with E-state index in [2.05, 4.69) is 11.9 Å². The lowest BCUT2D eigenvalue weighted by Crippen LogP contribution is -2.52. The number of aliphatic hydroxyl groups is 1. The predicted octanol–water partition coefficient (Wildman–Crippen LogP) is 1.74. The molecule has 2 aliphatic carbocycles. The van der Waals surface area contributed by atoms with Gasteiger partial charge in [-0.1, -0.05) is 25.7 Å². The number of rotatable bonds is 3. The molecule has 0 aromatic carbocycles. The SMILES string of the molecule is CN(C1CCCCC1O)C1CCCCC1CN. The first kappa shape index (κ1) is 13.3. The monoisotopic (exact) mass is 240 g/mol. The van der Waals surface area contributed by atoms with Crippen molar-refractivity contribution in [1.82, 2.24) is 4.90 Å². The molecule has 3 heteroatoms. The molecule has 0 spiro atoms. The smallest absolute Gasteiger partial charge is 0.0695 e. The standard InChI is InChI=1S/C14H28N2O/c1-16(13-8-4-5-9-14(13)17)12-7-3-2-6-11(12)10-15/h11-14,17H,2-10,15H2,1H3. The fourth-order valence-electron chi connectivity index (χ4n) is 3.81. The van der Waals surface area contributed by atoms with E-state index in [0.717, 1.165) is 19.4 Å². The molecule has 3 N–H and O–H groups in total. The minimum absolute atomic E-state index is 0.117. The molecular formula is C14H28N2O. The summed E-state index contributed by atoms with van der Waals surface area (Å²) in [7, 11) is 2.21. The summed E-state index contributed by atoms with van der Waals surface area (Å²) in [6.07, 6.45) is 9.68. The summed E-state index contributed by atoms with van der Waals surface area (Å²) >= 11 is 0. The van der Waals surface area contributed by atoms with Gasteiger partial charge in [-0.25, -0.2) is 0 Å². The van der Waals surface area contributed by atoms with E-state index in [4.69, 9.17) is 5.73 Å². The van der Waals surface area contributed by atoms with Gasteiger partial charge in [-0.2, -0.15) is 0 Å². The van der Waals surface area contributed by atoms with Crippen molar-refractivity contribution < 1.29 is 5.11 Å². The third-order valence-corrected chi connectivity index (χ3v) is 4.91. The Hall–Kier alpha value is -0.120. The summed E-state index contributed by atoms with van der Waals surface area (Å²) in [6.45, 7) is 0.803. The summed E-state index contributed by atoms with van der Waals surface area (Å²) < 4.78 is 0. The first-order valence-electron chi connectivity index (χ1n) is 7.34. The number of likely N-dealkylation sites (N-methyl/N-ethyl adjacent to an activating group) is 1. The Balaban J connectivity index is 1.98. The highest BCUT2D eigenvalue weighted by molar-refractivity contribution is 4.89. The molecule has 2 saturated carbocycles. The maximum Gasteiger partial charge on any atom is 0.0695 e. The second-order valence-electron chi connectivity index (χ2n) is 5.93. The Kier molecular flexibility index (Phi) is 4.83. The molecule has 2 aliphatic rings. The molecule has 0 bridgehead atoms. The number of nitrogens with two attached hydrogens (primary N) is 1. The molecule has 100 valence electrons. The van der Waals surface area contributed by atoms with E-state index in [-0.39, 0.29) is 6.10 Å². The number of hydrogen-bond donors (Lipinski definition) is 2. The molecule has 4 unspecified atom stereocenters. The van der Waals surface area contributed by atoms with Crippen molar-refractivity contribution in [2.45, 2.75) is 69.6 Å². The van der Waals surface area contributed by atoms with Crippen molar-refractivity contribution in [2.75, 3.05) is 13.6 Å². The summed E-state index contributed by atoms with van der Waals surface area (Å²) in [5.74, 6) is 0.642. The first-order chi connectivity index (χ1) is 8.24. The van der Waals surface area contributed by atoms with Crippen LogP contribution in [-0.4, -0.2) is 41.8 Å². The number of aliphatic hydroxyl groups excluding tert-OH is 1. The van der Waals surface area contributed by atoms with Crippen LogP contribution in [0.3, 0.4) is 0 Å². The van der Waals surface area contributed by atoms with Crippen LogP contribution in [-0.2, 0) is 0 Å². The van der Waals surface area contributed by atoms with Crippen LogP contribution in [0.1, 0.15) is 51.4 Å². The largest absolute Gasteiger partial charge is 0.391 e. The average molecular weight is 240 g/mol. The topological polar surface area (TPSA) is 49.5 Å². The van der Waals surface area contributed by atoms with Gasteiger partial charge in [0.1, 0.15) is 0 Å². The van der Waals surface area contributed by atoms with Crippen molar-refractivity contribution in [3.63, 3.8) is 0 Å². The predicted molar refractivity (Wildman–Crippen MR) is 70.8 cm³/mol. The van der Waals surface area contributed by atoms with E-state index in [9.17, 15) is 5.11 Å². The Morgan fingerprint density at radius 2 is 1.59 bits per heavy atom. The number of hydrogen-bond acceptors (Lipinski definition) is 3. The van der Waals surface area contributed by atoms with Gasteiger partial charge in [0, 0.05) is 12.1 Å². The van der Waals surface area contributed by atoms with Crippen molar-refractivity contribution in [1.29, 1.82) is 0 Å². The Morgan fingerprint density at radius 3 is 2.24 bits per heavy atom. The van der Waals surface area contributed by atoms with Gasteiger partial charge in [0.15, 0.2) is 0 Å². The van der Waals surface area contributed by atoms with Crippen molar-refractivity contribution in [3.05, 3.63) is 0 Å². The molecule has 0 aliphatic heterocycles. The van der Waals surface area contributed by atoms with Crippen molar-refractivity contribution >= 4 is 0 Å². The molecule has 0 aromatic heterocycles. The lowest BCUT2D eigenvalue weighted by atomic mass is 9.81. The van der Waals surface area contributed by atoms with Gasteiger partial charge < -0.3 is 10.8 Å². The van der Waals surface area contributed by atoms with Gasteiger partial charge in [0.2, 0.25) is 0 Å². The second-order valence-corrected chi connectivity index (χ2v) is 5.93. The highest BCUT2D eigenvalue weighted by Crippen LogP contribution is 2.32.